The van der Waals surface area contributed by atoms with Crippen LogP contribution in [0.5, 0.6) is 0 Å². The third-order valence-electron chi connectivity index (χ3n) is 4.97. The van der Waals surface area contributed by atoms with Crippen molar-refractivity contribution >= 4 is 23.4 Å². The van der Waals surface area contributed by atoms with E-state index >= 15 is 0 Å². The molecule has 1 N–H and O–H groups in total. The Morgan fingerprint density at radius 2 is 2.19 bits per heavy atom. The van der Waals surface area contributed by atoms with E-state index in [2.05, 4.69) is 25.3 Å². The fourth-order valence-electron chi connectivity index (χ4n) is 3.72. The number of fused-ring (bicyclic) bond motifs is 4. The van der Waals surface area contributed by atoms with Gasteiger partial charge in [0.2, 0.25) is 0 Å². The largest absolute Gasteiger partial charge is 0.366 e. The van der Waals surface area contributed by atoms with Gasteiger partial charge < -0.3 is 4.90 Å². The second-order valence-electron chi connectivity index (χ2n) is 6.72. The van der Waals surface area contributed by atoms with Gasteiger partial charge in [0.15, 0.2) is 11.6 Å². The number of rotatable bonds is 2. The Balaban J connectivity index is 1.54. The summed E-state index contributed by atoms with van der Waals surface area (Å²) in [7, 11) is 1.87. The fourth-order valence-corrected chi connectivity index (χ4v) is 3.72. The lowest BCUT2D eigenvalue weighted by Gasteiger charge is -2.35. The molecule has 2 amide bonds. The molecule has 2 aliphatic rings. The Kier molecular flexibility index (Phi) is 3.52. The van der Waals surface area contributed by atoms with Crippen LogP contribution in [0.3, 0.4) is 0 Å². The minimum atomic E-state index is -0.237. The molecule has 9 heteroatoms. The molecule has 1 atom stereocenters. The van der Waals surface area contributed by atoms with Crippen molar-refractivity contribution in [3.63, 3.8) is 0 Å². The van der Waals surface area contributed by atoms with Gasteiger partial charge in [0.25, 0.3) is 0 Å². The maximum atomic E-state index is 13.0. The summed E-state index contributed by atoms with van der Waals surface area (Å²) in [6, 6.07) is 3.87. The van der Waals surface area contributed by atoms with Gasteiger partial charge in [-0.1, -0.05) is 0 Å². The van der Waals surface area contributed by atoms with E-state index in [-0.39, 0.29) is 12.1 Å². The van der Waals surface area contributed by atoms with Crippen LogP contribution in [0.4, 0.5) is 22.1 Å². The minimum absolute atomic E-state index is 0.0887. The molecule has 0 saturated carbocycles. The van der Waals surface area contributed by atoms with E-state index in [1.807, 2.05) is 25.4 Å². The number of hydrogen-bond acceptors (Lipinski definition) is 6. The molecule has 2 aliphatic heterocycles. The van der Waals surface area contributed by atoms with Crippen LogP contribution in [-0.4, -0.2) is 49.9 Å². The molecule has 27 heavy (non-hydrogen) atoms. The first kappa shape index (κ1) is 15.7. The van der Waals surface area contributed by atoms with Crippen molar-refractivity contribution in [1.82, 2.24) is 24.7 Å². The molecule has 0 aliphatic carbocycles. The normalized spacial score (nSPS) is 17.7. The second-order valence-corrected chi connectivity index (χ2v) is 6.72. The van der Waals surface area contributed by atoms with E-state index in [1.165, 1.54) is 6.20 Å². The zero-order valence-corrected chi connectivity index (χ0v) is 14.8. The minimum Gasteiger partial charge on any atom is -0.366 e. The van der Waals surface area contributed by atoms with Crippen LogP contribution in [-0.2, 0) is 7.05 Å². The number of nitrogens with one attached hydrogen (secondary N) is 1. The summed E-state index contributed by atoms with van der Waals surface area (Å²) in [5, 5.41) is 7.05. The number of urea groups is 1. The molecule has 0 unspecified atom stereocenters. The average Bonchev–Trinajstić information content (AvgIpc) is 3.30. The lowest BCUT2D eigenvalue weighted by Crippen LogP contribution is -2.48. The van der Waals surface area contributed by atoms with Gasteiger partial charge in [-0.05, 0) is 18.6 Å². The Morgan fingerprint density at radius 1 is 1.26 bits per heavy atom. The average molecular weight is 362 g/mol. The summed E-state index contributed by atoms with van der Waals surface area (Å²) in [6.07, 6.45) is 9.25. The van der Waals surface area contributed by atoms with Crippen LogP contribution in [0, 0.1) is 0 Å². The Bertz CT molecular complexity index is 1000. The number of amides is 2. The van der Waals surface area contributed by atoms with Crippen molar-refractivity contribution in [3.8, 4) is 11.3 Å². The van der Waals surface area contributed by atoms with Crippen molar-refractivity contribution in [1.29, 1.82) is 0 Å². The van der Waals surface area contributed by atoms with Gasteiger partial charge in [0, 0.05) is 44.3 Å². The fraction of sp³-hybridized carbons (Fsp3) is 0.278. The predicted molar refractivity (Wildman–Crippen MR) is 101 cm³/mol. The topological polar surface area (TPSA) is 92.1 Å². The van der Waals surface area contributed by atoms with Crippen LogP contribution < -0.4 is 15.1 Å². The molecule has 0 radical (unpaired) electrons. The molecule has 0 spiro atoms. The van der Waals surface area contributed by atoms with Gasteiger partial charge in [-0.15, -0.1) is 0 Å². The zero-order valence-electron chi connectivity index (χ0n) is 14.8. The van der Waals surface area contributed by atoms with Crippen LogP contribution in [0.1, 0.15) is 6.42 Å². The first-order valence-electron chi connectivity index (χ1n) is 8.80. The van der Waals surface area contributed by atoms with Crippen LogP contribution >= 0.6 is 0 Å². The van der Waals surface area contributed by atoms with Crippen molar-refractivity contribution in [2.75, 3.05) is 28.2 Å². The van der Waals surface area contributed by atoms with Gasteiger partial charge in [-0.2, -0.15) is 5.10 Å². The van der Waals surface area contributed by atoms with Crippen molar-refractivity contribution < 1.29 is 4.79 Å². The first-order valence-corrected chi connectivity index (χ1v) is 8.80. The zero-order chi connectivity index (χ0) is 18.4. The highest BCUT2D eigenvalue weighted by atomic mass is 16.2. The van der Waals surface area contributed by atoms with Gasteiger partial charge in [-0.25, -0.2) is 14.8 Å². The lowest BCUT2D eigenvalue weighted by atomic mass is 10.1. The van der Waals surface area contributed by atoms with Crippen molar-refractivity contribution in [2.24, 2.45) is 7.05 Å². The quantitative estimate of drug-likeness (QED) is 0.749. The maximum Gasteiger partial charge on any atom is 0.329 e. The monoisotopic (exact) mass is 362 g/mol. The third kappa shape index (κ3) is 2.67. The highest BCUT2D eigenvalue weighted by molar-refractivity contribution is 6.04. The highest BCUT2D eigenvalue weighted by Crippen LogP contribution is 2.40. The molecule has 0 aromatic carbocycles. The number of aromatic nitrogens is 5. The number of carbonyl (C=O) groups is 1. The van der Waals surface area contributed by atoms with Crippen LogP contribution in [0.2, 0.25) is 0 Å². The van der Waals surface area contributed by atoms with Gasteiger partial charge >= 0.3 is 6.03 Å². The van der Waals surface area contributed by atoms with Crippen LogP contribution in [0.25, 0.3) is 11.3 Å². The molecular formula is C18H18N8O. The predicted octanol–water partition coefficient (Wildman–Crippen LogP) is 1.90. The summed E-state index contributed by atoms with van der Waals surface area (Å²) >= 11 is 0. The van der Waals surface area contributed by atoms with Gasteiger partial charge in [0.1, 0.15) is 0 Å². The number of carbonyl (C=O) groups excluding carboxylic acids is 1. The van der Waals surface area contributed by atoms with E-state index < -0.39 is 0 Å². The Hall–Kier alpha value is -3.49. The number of nitrogens with zero attached hydrogens (tertiary/aromatic N) is 7. The summed E-state index contributed by atoms with van der Waals surface area (Å²) in [5.74, 6) is 1.10. The summed E-state index contributed by atoms with van der Waals surface area (Å²) in [6.45, 7) is 1.73. The van der Waals surface area contributed by atoms with Gasteiger partial charge in [-0.3, -0.25) is 19.9 Å². The molecule has 1 fully saturated rings. The standard InChI is InChI=1S/C18H18N8O/c1-24-10-12(8-21-24)14-2-3-15-17(22-14)26(13-4-7-25(15)11-13)18(27)23-16-9-19-5-6-20-16/h2-3,5-6,8-10,13H,4,7,11H2,1H3,(H,20,23,27)/t13-/m0/s1. The third-order valence-corrected chi connectivity index (χ3v) is 4.97. The van der Waals surface area contributed by atoms with E-state index in [0.717, 1.165) is 36.5 Å². The van der Waals surface area contributed by atoms with Crippen molar-refractivity contribution in [3.05, 3.63) is 43.1 Å². The van der Waals surface area contributed by atoms with Crippen molar-refractivity contribution in [2.45, 2.75) is 12.5 Å². The summed E-state index contributed by atoms with van der Waals surface area (Å²) in [4.78, 5) is 30.0. The SMILES string of the molecule is Cn1cc(-c2ccc3c(n2)N(C(=O)Nc2cnccn2)[C@H]2CCN3C2)cn1. The Labute approximate surface area is 155 Å². The number of pyridine rings is 1. The molecule has 3 aromatic rings. The second kappa shape index (κ2) is 6.04. The summed E-state index contributed by atoms with van der Waals surface area (Å²) in [5.41, 5.74) is 2.69. The first-order chi connectivity index (χ1) is 13.2. The summed E-state index contributed by atoms with van der Waals surface area (Å²) < 4.78 is 1.74. The van der Waals surface area contributed by atoms with E-state index in [9.17, 15) is 4.79 Å². The molecule has 5 rings (SSSR count). The molecule has 3 aromatic heterocycles. The van der Waals surface area contributed by atoms with E-state index in [4.69, 9.17) is 4.98 Å². The van der Waals surface area contributed by atoms with E-state index in [1.54, 1.807) is 28.2 Å². The molecular weight excluding hydrogens is 344 g/mol. The highest BCUT2D eigenvalue weighted by Gasteiger charge is 2.40. The molecule has 136 valence electrons. The molecule has 5 heterocycles. The van der Waals surface area contributed by atoms with Crippen LogP contribution in [0.15, 0.2) is 43.1 Å². The lowest BCUT2D eigenvalue weighted by molar-refractivity contribution is 0.254. The maximum absolute atomic E-state index is 13.0. The Morgan fingerprint density at radius 3 is 2.96 bits per heavy atom. The van der Waals surface area contributed by atoms with Gasteiger partial charge in [0.05, 0.1) is 29.8 Å². The van der Waals surface area contributed by atoms with E-state index in [0.29, 0.717) is 11.6 Å². The number of aryl methyl sites for hydroxylation is 1. The molecule has 2 bridgehead atoms. The smallest absolute Gasteiger partial charge is 0.329 e. The number of anilines is 3. The molecule has 9 nitrogen and oxygen atoms in total. The number of hydrogen-bond donors (Lipinski definition) is 1. The molecule has 1 saturated heterocycles.